The number of aryl methyl sites for hydroxylation is 2. The Morgan fingerprint density at radius 1 is 1.16 bits per heavy atom. The molecule has 136 valence electrons. The molecule has 0 bridgehead atoms. The maximum Gasteiger partial charge on any atom is 0.261 e. The lowest BCUT2D eigenvalue weighted by Gasteiger charge is -2.27. The predicted molar refractivity (Wildman–Crippen MR) is 95.6 cm³/mol. The molecule has 1 aliphatic heterocycles. The molecule has 1 aromatic rings. The lowest BCUT2D eigenvalue weighted by atomic mass is 10.1. The Morgan fingerprint density at radius 3 is 2.52 bits per heavy atom. The molecule has 2 aliphatic rings. The minimum atomic E-state index is -0.398. The van der Waals surface area contributed by atoms with E-state index in [1.807, 2.05) is 11.8 Å². The van der Waals surface area contributed by atoms with E-state index in [0.29, 0.717) is 19.0 Å². The van der Waals surface area contributed by atoms with Gasteiger partial charge in [0.1, 0.15) is 5.56 Å². The molecule has 2 heterocycles. The molecule has 1 atom stereocenters. The molecule has 0 aromatic carbocycles. The minimum Gasteiger partial charge on any atom is -0.347 e. The average molecular weight is 345 g/mol. The molecule has 1 unspecified atom stereocenters. The second-order valence-electron chi connectivity index (χ2n) is 7.39. The first kappa shape index (κ1) is 17.7. The number of hydrogen-bond acceptors (Lipinski definition) is 3. The van der Waals surface area contributed by atoms with Crippen LogP contribution in [-0.4, -0.2) is 40.3 Å². The van der Waals surface area contributed by atoms with Crippen LogP contribution in [-0.2, 0) is 4.79 Å². The fraction of sp³-hybridized carbons (Fsp3) is 0.632. The maximum absolute atomic E-state index is 12.5. The smallest absolute Gasteiger partial charge is 0.261 e. The largest absolute Gasteiger partial charge is 0.347 e. The molecule has 6 nitrogen and oxygen atoms in total. The Morgan fingerprint density at radius 2 is 1.84 bits per heavy atom. The maximum atomic E-state index is 12.5. The zero-order valence-corrected chi connectivity index (χ0v) is 15.1. The van der Waals surface area contributed by atoms with Crippen LogP contribution in [0.25, 0.3) is 0 Å². The number of aromatic nitrogens is 1. The predicted octanol–water partition coefficient (Wildman–Crippen LogP) is 2.05. The highest BCUT2D eigenvalue weighted by Gasteiger charge is 2.35. The van der Waals surface area contributed by atoms with Crippen LogP contribution in [0.2, 0.25) is 0 Å². The van der Waals surface area contributed by atoms with E-state index in [2.05, 4.69) is 10.3 Å². The van der Waals surface area contributed by atoms with Gasteiger partial charge in [0.15, 0.2) is 0 Å². The fourth-order valence-corrected chi connectivity index (χ4v) is 3.91. The third-order valence-electron chi connectivity index (χ3n) is 5.50. The molecule has 1 aliphatic carbocycles. The Hall–Kier alpha value is -2.11. The lowest BCUT2D eigenvalue weighted by molar-refractivity contribution is -0.129. The van der Waals surface area contributed by atoms with Crippen molar-refractivity contribution in [2.45, 2.75) is 70.9 Å². The summed E-state index contributed by atoms with van der Waals surface area (Å²) >= 11 is 0. The van der Waals surface area contributed by atoms with E-state index in [0.717, 1.165) is 24.1 Å². The van der Waals surface area contributed by atoms with Gasteiger partial charge >= 0.3 is 0 Å². The fourth-order valence-electron chi connectivity index (χ4n) is 3.91. The molecule has 0 radical (unpaired) electrons. The van der Waals surface area contributed by atoms with E-state index in [9.17, 15) is 14.4 Å². The van der Waals surface area contributed by atoms with Gasteiger partial charge in [0.25, 0.3) is 11.5 Å². The zero-order chi connectivity index (χ0) is 18.0. The van der Waals surface area contributed by atoms with Crippen molar-refractivity contribution in [3.8, 4) is 0 Å². The van der Waals surface area contributed by atoms with Gasteiger partial charge in [-0.3, -0.25) is 14.4 Å². The summed E-state index contributed by atoms with van der Waals surface area (Å²) in [5.41, 5.74) is 1.36. The first-order valence-electron chi connectivity index (χ1n) is 9.26. The van der Waals surface area contributed by atoms with E-state index >= 15 is 0 Å². The van der Waals surface area contributed by atoms with E-state index < -0.39 is 5.91 Å². The number of aromatic amines is 1. The number of hydrogen-bond donors (Lipinski definition) is 2. The first-order chi connectivity index (χ1) is 12.0. The average Bonchev–Trinajstić information content (AvgIpc) is 2.76. The van der Waals surface area contributed by atoms with Crippen molar-refractivity contribution in [1.29, 1.82) is 0 Å². The van der Waals surface area contributed by atoms with Crippen LogP contribution in [0.5, 0.6) is 0 Å². The number of rotatable bonds is 3. The summed E-state index contributed by atoms with van der Waals surface area (Å²) in [5, 5.41) is 2.88. The Balaban J connectivity index is 1.66. The number of amides is 2. The van der Waals surface area contributed by atoms with E-state index in [-0.39, 0.29) is 23.1 Å². The normalized spacial score (nSPS) is 22.1. The van der Waals surface area contributed by atoms with Gasteiger partial charge in [-0.2, -0.15) is 0 Å². The van der Waals surface area contributed by atoms with Crippen LogP contribution in [0.1, 0.15) is 66.6 Å². The van der Waals surface area contributed by atoms with Crippen molar-refractivity contribution in [3.05, 3.63) is 33.2 Å². The Labute approximate surface area is 148 Å². The van der Waals surface area contributed by atoms with Gasteiger partial charge in [-0.05, 0) is 38.3 Å². The summed E-state index contributed by atoms with van der Waals surface area (Å²) in [6.07, 6.45) is 7.27. The SMILES string of the molecule is Cc1cc(C(=O)NC2CC(=O)N(C3CCCCCC3)C2)c(=O)[nH]c1C. The van der Waals surface area contributed by atoms with Gasteiger partial charge in [0, 0.05) is 24.7 Å². The van der Waals surface area contributed by atoms with Crippen LogP contribution in [0, 0.1) is 13.8 Å². The molecule has 0 spiro atoms. The Kier molecular flexibility index (Phi) is 5.25. The van der Waals surface area contributed by atoms with Gasteiger partial charge in [-0.15, -0.1) is 0 Å². The first-order valence-corrected chi connectivity index (χ1v) is 9.26. The van der Waals surface area contributed by atoms with E-state index in [1.54, 1.807) is 13.0 Å². The summed E-state index contributed by atoms with van der Waals surface area (Å²) in [6, 6.07) is 1.70. The van der Waals surface area contributed by atoms with Crippen molar-refractivity contribution >= 4 is 11.8 Å². The summed E-state index contributed by atoms with van der Waals surface area (Å²) < 4.78 is 0. The zero-order valence-electron chi connectivity index (χ0n) is 15.1. The van der Waals surface area contributed by atoms with Gasteiger partial charge in [-0.1, -0.05) is 25.7 Å². The molecule has 2 amide bonds. The number of carbonyl (C=O) groups is 2. The summed E-state index contributed by atoms with van der Waals surface area (Å²) in [6.45, 7) is 4.21. The van der Waals surface area contributed by atoms with Crippen molar-refractivity contribution < 1.29 is 9.59 Å². The number of nitrogens with zero attached hydrogens (tertiary/aromatic N) is 1. The molecule has 2 N–H and O–H groups in total. The summed E-state index contributed by atoms with van der Waals surface area (Å²) in [5.74, 6) is -0.281. The molecular weight excluding hydrogens is 318 g/mol. The monoisotopic (exact) mass is 345 g/mol. The molecule has 2 fully saturated rings. The number of pyridine rings is 1. The van der Waals surface area contributed by atoms with Crippen molar-refractivity contribution in [2.75, 3.05) is 6.54 Å². The van der Waals surface area contributed by atoms with E-state index in [1.165, 1.54) is 25.7 Å². The number of likely N-dealkylation sites (tertiary alicyclic amines) is 1. The molecule has 1 saturated heterocycles. The van der Waals surface area contributed by atoms with Crippen LogP contribution in [0.3, 0.4) is 0 Å². The van der Waals surface area contributed by atoms with Gasteiger partial charge in [0.05, 0.1) is 6.04 Å². The number of carbonyl (C=O) groups excluding carboxylic acids is 2. The Bertz CT molecular complexity index is 717. The van der Waals surface area contributed by atoms with Gasteiger partial charge < -0.3 is 15.2 Å². The van der Waals surface area contributed by atoms with Gasteiger partial charge in [-0.25, -0.2) is 0 Å². The molecular formula is C19H27N3O3. The third kappa shape index (κ3) is 3.94. The number of nitrogens with one attached hydrogen (secondary N) is 2. The van der Waals surface area contributed by atoms with Gasteiger partial charge in [0.2, 0.25) is 5.91 Å². The molecule has 3 rings (SSSR count). The molecule has 6 heteroatoms. The molecule has 1 aromatic heterocycles. The summed E-state index contributed by atoms with van der Waals surface area (Å²) in [4.78, 5) is 41.5. The molecule has 25 heavy (non-hydrogen) atoms. The highest BCUT2D eigenvalue weighted by molar-refractivity contribution is 5.95. The van der Waals surface area contributed by atoms with Crippen LogP contribution in [0.15, 0.2) is 10.9 Å². The van der Waals surface area contributed by atoms with Crippen molar-refractivity contribution in [3.63, 3.8) is 0 Å². The second kappa shape index (κ2) is 7.42. The standard InChI is InChI=1S/C19H27N3O3/c1-12-9-16(18(24)20-13(12)2)19(25)21-14-10-17(23)22(11-14)15-7-5-3-4-6-8-15/h9,14-15H,3-8,10-11H2,1-2H3,(H,20,24)(H,21,25). The van der Waals surface area contributed by atoms with Crippen LogP contribution < -0.4 is 10.9 Å². The second-order valence-corrected chi connectivity index (χ2v) is 7.39. The van der Waals surface area contributed by atoms with Crippen LogP contribution in [0.4, 0.5) is 0 Å². The van der Waals surface area contributed by atoms with E-state index in [4.69, 9.17) is 0 Å². The summed E-state index contributed by atoms with van der Waals surface area (Å²) in [7, 11) is 0. The van der Waals surface area contributed by atoms with Crippen LogP contribution >= 0.6 is 0 Å². The topological polar surface area (TPSA) is 82.3 Å². The van der Waals surface area contributed by atoms with Crippen molar-refractivity contribution in [1.82, 2.24) is 15.2 Å². The highest BCUT2D eigenvalue weighted by atomic mass is 16.2. The number of H-pyrrole nitrogens is 1. The van der Waals surface area contributed by atoms with Crippen molar-refractivity contribution in [2.24, 2.45) is 0 Å². The third-order valence-corrected chi connectivity index (χ3v) is 5.50. The minimum absolute atomic E-state index is 0.114. The highest BCUT2D eigenvalue weighted by Crippen LogP contribution is 2.25. The lowest BCUT2D eigenvalue weighted by Crippen LogP contribution is -2.41. The quantitative estimate of drug-likeness (QED) is 0.823. The molecule has 1 saturated carbocycles.